The number of carbonyl (C=O) groups is 1. The van der Waals surface area contributed by atoms with Crippen LogP contribution < -0.4 is 10.5 Å². The summed E-state index contributed by atoms with van der Waals surface area (Å²) in [4.78, 5) is 10.9. The number of anilines is 1. The van der Waals surface area contributed by atoms with Gasteiger partial charge in [0, 0.05) is 5.69 Å². The summed E-state index contributed by atoms with van der Waals surface area (Å²) >= 11 is 7.28. The molecule has 0 aliphatic carbocycles. The lowest BCUT2D eigenvalue weighted by atomic mass is 10.3. The third-order valence-electron chi connectivity index (χ3n) is 1.25. The predicted octanol–water partition coefficient (Wildman–Crippen LogP) is 1.76. The van der Waals surface area contributed by atoms with Gasteiger partial charge in [0.1, 0.15) is 5.75 Å². The van der Waals surface area contributed by atoms with E-state index in [0.29, 0.717) is 11.4 Å². The Morgan fingerprint density at radius 1 is 1.31 bits per heavy atom. The van der Waals surface area contributed by atoms with Gasteiger partial charge in [-0.3, -0.25) is 0 Å². The maximum absolute atomic E-state index is 10.9. The SMILES string of the molecule is Nc1ccc(OC(=O)N(S)S)cc1. The summed E-state index contributed by atoms with van der Waals surface area (Å²) in [5.41, 5.74) is 6.04. The van der Waals surface area contributed by atoms with E-state index in [0.717, 1.165) is 3.71 Å². The van der Waals surface area contributed by atoms with Gasteiger partial charge in [0.2, 0.25) is 0 Å². The molecule has 1 amide bonds. The zero-order valence-electron chi connectivity index (χ0n) is 6.54. The second-order valence-corrected chi connectivity index (χ2v) is 3.34. The Bertz CT molecular complexity index is 300. The Balaban J connectivity index is 2.65. The monoisotopic (exact) mass is 216 g/mol. The summed E-state index contributed by atoms with van der Waals surface area (Å²) < 4.78 is 5.56. The fraction of sp³-hybridized carbons (Fsp3) is 0. The predicted molar refractivity (Wildman–Crippen MR) is 56.7 cm³/mol. The highest BCUT2D eigenvalue weighted by Crippen LogP contribution is 2.15. The first-order chi connectivity index (χ1) is 6.09. The number of thiol groups is 2. The first-order valence-electron chi connectivity index (χ1n) is 3.35. The van der Waals surface area contributed by atoms with Gasteiger partial charge in [-0.15, -0.1) is 0 Å². The van der Waals surface area contributed by atoms with Crippen LogP contribution in [0, 0.1) is 0 Å². The molecule has 0 aromatic heterocycles. The highest BCUT2D eigenvalue weighted by molar-refractivity contribution is 7.94. The molecule has 0 aliphatic rings. The van der Waals surface area contributed by atoms with Gasteiger partial charge < -0.3 is 10.5 Å². The van der Waals surface area contributed by atoms with Gasteiger partial charge in [0.15, 0.2) is 0 Å². The number of nitrogens with two attached hydrogens (primary N) is 1. The average Bonchev–Trinajstić information content (AvgIpc) is 2.08. The van der Waals surface area contributed by atoms with Crippen molar-refractivity contribution in [3.8, 4) is 5.75 Å². The molecule has 0 aliphatic heterocycles. The van der Waals surface area contributed by atoms with Crippen molar-refractivity contribution >= 4 is 37.4 Å². The number of ether oxygens (including phenoxy) is 1. The maximum Gasteiger partial charge on any atom is 0.435 e. The molecule has 6 heteroatoms. The fourth-order valence-electron chi connectivity index (χ4n) is 0.678. The van der Waals surface area contributed by atoms with Gasteiger partial charge in [-0.2, -0.15) is 3.71 Å². The van der Waals surface area contributed by atoms with Crippen molar-refractivity contribution < 1.29 is 9.53 Å². The molecular weight excluding hydrogens is 208 g/mol. The number of hydrogen-bond acceptors (Lipinski definition) is 5. The van der Waals surface area contributed by atoms with E-state index in [1.54, 1.807) is 24.3 Å². The minimum atomic E-state index is -0.670. The number of hydrogen-bond donors (Lipinski definition) is 3. The standard InChI is InChI=1S/C7H8N2O2S2/c8-5-1-3-6(4-2-5)11-7(10)9(12)13/h1-4,12-13H,8H2. The third kappa shape index (κ3) is 3.08. The van der Waals surface area contributed by atoms with Crippen LogP contribution in [0.1, 0.15) is 0 Å². The van der Waals surface area contributed by atoms with Gasteiger partial charge in [-0.25, -0.2) is 4.79 Å². The normalized spacial score (nSPS) is 9.38. The molecule has 0 fully saturated rings. The molecule has 13 heavy (non-hydrogen) atoms. The number of carbonyl (C=O) groups excluding carboxylic acids is 1. The van der Waals surface area contributed by atoms with E-state index < -0.39 is 6.09 Å². The van der Waals surface area contributed by atoms with Crippen LogP contribution in [0.25, 0.3) is 0 Å². The van der Waals surface area contributed by atoms with Crippen LogP contribution in [-0.4, -0.2) is 9.80 Å². The molecule has 1 aromatic carbocycles. The van der Waals surface area contributed by atoms with Crippen LogP contribution in [0.2, 0.25) is 0 Å². The molecule has 70 valence electrons. The molecular formula is C7H8N2O2S2. The van der Waals surface area contributed by atoms with Crippen LogP contribution in [-0.2, 0) is 0 Å². The Morgan fingerprint density at radius 2 is 1.85 bits per heavy atom. The number of benzene rings is 1. The van der Waals surface area contributed by atoms with Crippen LogP contribution in [0.4, 0.5) is 10.5 Å². The lowest BCUT2D eigenvalue weighted by Crippen LogP contribution is -2.16. The lowest BCUT2D eigenvalue weighted by Gasteiger charge is -2.07. The van der Waals surface area contributed by atoms with E-state index in [4.69, 9.17) is 10.5 Å². The summed E-state index contributed by atoms with van der Waals surface area (Å²) in [5, 5.41) is 0. The molecule has 0 radical (unpaired) electrons. The van der Waals surface area contributed by atoms with E-state index >= 15 is 0 Å². The molecule has 2 N–H and O–H groups in total. The van der Waals surface area contributed by atoms with Crippen molar-refractivity contribution in [3.63, 3.8) is 0 Å². The first kappa shape index (κ1) is 10.1. The van der Waals surface area contributed by atoms with Crippen LogP contribution in [0.5, 0.6) is 5.75 Å². The van der Waals surface area contributed by atoms with Gasteiger partial charge >= 0.3 is 6.09 Å². The van der Waals surface area contributed by atoms with Gasteiger partial charge in [0.25, 0.3) is 0 Å². The first-order valence-corrected chi connectivity index (χ1v) is 4.15. The number of rotatable bonds is 1. The molecule has 0 bridgehead atoms. The molecule has 1 aromatic rings. The topological polar surface area (TPSA) is 55.6 Å². The van der Waals surface area contributed by atoms with Crippen LogP contribution >= 0.6 is 25.6 Å². The molecule has 0 unspecified atom stereocenters. The second kappa shape index (κ2) is 4.29. The Hall–Kier alpha value is -1.01. The Kier molecular flexibility index (Phi) is 3.32. The fourth-order valence-corrected chi connectivity index (χ4v) is 0.759. The van der Waals surface area contributed by atoms with E-state index in [1.807, 2.05) is 0 Å². The summed E-state index contributed by atoms with van der Waals surface area (Å²) in [6, 6.07) is 6.42. The van der Waals surface area contributed by atoms with Crippen molar-refractivity contribution in [3.05, 3.63) is 24.3 Å². The quantitative estimate of drug-likeness (QED) is 0.495. The summed E-state index contributed by atoms with van der Waals surface area (Å²) in [5.74, 6) is 0.396. The Morgan fingerprint density at radius 3 is 2.31 bits per heavy atom. The highest BCUT2D eigenvalue weighted by atomic mass is 32.2. The maximum atomic E-state index is 10.9. The third-order valence-corrected chi connectivity index (χ3v) is 1.58. The summed E-state index contributed by atoms with van der Waals surface area (Å²) in [7, 11) is 0. The van der Waals surface area contributed by atoms with E-state index in [2.05, 4.69) is 25.6 Å². The minimum Gasteiger partial charge on any atom is -0.409 e. The lowest BCUT2D eigenvalue weighted by molar-refractivity contribution is 0.197. The molecule has 0 spiro atoms. The second-order valence-electron chi connectivity index (χ2n) is 2.23. The zero-order chi connectivity index (χ0) is 9.84. The largest absolute Gasteiger partial charge is 0.435 e. The van der Waals surface area contributed by atoms with Crippen molar-refractivity contribution in [1.29, 1.82) is 0 Å². The highest BCUT2D eigenvalue weighted by Gasteiger charge is 2.07. The van der Waals surface area contributed by atoms with Crippen molar-refractivity contribution in [2.24, 2.45) is 0 Å². The summed E-state index contributed by atoms with van der Waals surface area (Å²) in [6.07, 6.45) is -0.670. The van der Waals surface area contributed by atoms with Crippen molar-refractivity contribution in [2.45, 2.75) is 0 Å². The van der Waals surface area contributed by atoms with Gasteiger partial charge in [-0.1, -0.05) is 0 Å². The van der Waals surface area contributed by atoms with Gasteiger partial charge in [0.05, 0.1) is 0 Å². The molecule has 0 saturated carbocycles. The number of amides is 1. The Labute approximate surface area is 86.8 Å². The van der Waals surface area contributed by atoms with E-state index in [1.165, 1.54) is 0 Å². The average molecular weight is 216 g/mol. The number of nitrogen functional groups attached to an aromatic ring is 1. The molecule has 0 heterocycles. The van der Waals surface area contributed by atoms with Crippen LogP contribution in [0.15, 0.2) is 24.3 Å². The van der Waals surface area contributed by atoms with Crippen molar-refractivity contribution in [2.75, 3.05) is 5.73 Å². The minimum absolute atomic E-state index is 0.396. The van der Waals surface area contributed by atoms with E-state index in [9.17, 15) is 4.79 Å². The zero-order valence-corrected chi connectivity index (χ0v) is 8.33. The summed E-state index contributed by atoms with van der Waals surface area (Å²) in [6.45, 7) is 0. The molecule has 1 rings (SSSR count). The number of nitrogens with zero attached hydrogens (tertiary/aromatic N) is 1. The van der Waals surface area contributed by atoms with E-state index in [-0.39, 0.29) is 0 Å². The smallest absolute Gasteiger partial charge is 0.409 e. The van der Waals surface area contributed by atoms with Crippen LogP contribution in [0.3, 0.4) is 0 Å². The van der Waals surface area contributed by atoms with Gasteiger partial charge in [-0.05, 0) is 49.9 Å². The molecule has 4 nitrogen and oxygen atoms in total. The molecule has 0 saturated heterocycles. The van der Waals surface area contributed by atoms with Crippen molar-refractivity contribution in [1.82, 2.24) is 3.71 Å². The molecule has 0 atom stereocenters.